The van der Waals surface area contributed by atoms with Crippen LogP contribution in [0.1, 0.15) is 34.2 Å². The first-order valence-corrected chi connectivity index (χ1v) is 10.9. The monoisotopic (exact) mass is 449 g/mol. The van der Waals surface area contributed by atoms with E-state index in [1.54, 1.807) is 38.5 Å². The van der Waals surface area contributed by atoms with Crippen LogP contribution in [0.15, 0.2) is 53.5 Å². The second-order valence-electron chi connectivity index (χ2n) is 7.46. The van der Waals surface area contributed by atoms with E-state index in [-0.39, 0.29) is 5.91 Å². The fourth-order valence-corrected chi connectivity index (χ4v) is 3.61. The van der Waals surface area contributed by atoms with Crippen LogP contribution in [-0.2, 0) is 13.0 Å². The first-order chi connectivity index (χ1) is 16.0. The number of nitrogens with zero attached hydrogens (tertiary/aromatic N) is 3. The van der Waals surface area contributed by atoms with Crippen LogP contribution in [0.4, 0.5) is 5.69 Å². The summed E-state index contributed by atoms with van der Waals surface area (Å²) in [4.78, 5) is 17.4. The number of rotatable bonds is 8. The minimum Gasteiger partial charge on any atom is -0.493 e. The molecule has 33 heavy (non-hydrogen) atoms. The van der Waals surface area contributed by atoms with Crippen molar-refractivity contribution in [2.24, 2.45) is 4.99 Å². The zero-order valence-electron chi connectivity index (χ0n) is 19.8. The van der Waals surface area contributed by atoms with Gasteiger partial charge >= 0.3 is 0 Å². The molecule has 0 aliphatic carbocycles. The summed E-state index contributed by atoms with van der Waals surface area (Å²) < 4.78 is 12.7. The number of hydrogen-bond acceptors (Lipinski definition) is 5. The molecule has 0 aliphatic heterocycles. The third kappa shape index (κ3) is 5.91. The van der Waals surface area contributed by atoms with Gasteiger partial charge in [-0.15, -0.1) is 0 Å². The topological polar surface area (TPSA) is 89.8 Å². The number of aryl methyl sites for hydroxylation is 2. The van der Waals surface area contributed by atoms with E-state index in [1.165, 1.54) is 5.56 Å². The number of ether oxygens (including phenoxy) is 2. The van der Waals surface area contributed by atoms with Gasteiger partial charge in [0.2, 0.25) is 5.96 Å². The van der Waals surface area contributed by atoms with Crippen LogP contribution in [-0.4, -0.2) is 42.4 Å². The summed E-state index contributed by atoms with van der Waals surface area (Å²) in [5.41, 5.74) is 4.60. The van der Waals surface area contributed by atoms with Crippen LogP contribution in [0.5, 0.6) is 11.5 Å². The summed E-state index contributed by atoms with van der Waals surface area (Å²) in [7, 11) is 3.16. The molecule has 0 aliphatic rings. The van der Waals surface area contributed by atoms with Crippen molar-refractivity contribution in [3.63, 3.8) is 0 Å². The number of aliphatic imine (C=N–C) groups is 1. The summed E-state index contributed by atoms with van der Waals surface area (Å²) in [6.07, 6.45) is 0.718. The van der Waals surface area contributed by atoms with Crippen molar-refractivity contribution in [1.82, 2.24) is 15.1 Å². The van der Waals surface area contributed by atoms with Gasteiger partial charge in [0.05, 0.1) is 19.9 Å². The summed E-state index contributed by atoms with van der Waals surface area (Å²) in [5.74, 6) is 1.31. The average Bonchev–Trinajstić information content (AvgIpc) is 3.12. The van der Waals surface area contributed by atoms with Crippen molar-refractivity contribution < 1.29 is 14.3 Å². The first-order valence-electron chi connectivity index (χ1n) is 10.9. The highest BCUT2D eigenvalue weighted by molar-refractivity contribution is 6.10. The minimum absolute atomic E-state index is 0.242. The SMILES string of the molecule is CCn1nc(C)c(CCN=C(NC(=O)c2ccccc2)Nc2ccc(OC)c(OC)c2)c1C. The predicted molar refractivity (Wildman–Crippen MR) is 130 cm³/mol. The van der Waals surface area contributed by atoms with Crippen molar-refractivity contribution in [3.8, 4) is 11.5 Å². The number of carbonyl (C=O) groups excluding carboxylic acids is 1. The van der Waals surface area contributed by atoms with E-state index in [0.717, 1.165) is 24.4 Å². The molecule has 2 N–H and O–H groups in total. The van der Waals surface area contributed by atoms with Gasteiger partial charge in [0.25, 0.3) is 5.91 Å². The maximum Gasteiger partial charge on any atom is 0.257 e. The molecule has 0 atom stereocenters. The van der Waals surface area contributed by atoms with Gasteiger partial charge in [0, 0.05) is 36.1 Å². The maximum atomic E-state index is 12.8. The number of nitrogens with one attached hydrogen (secondary N) is 2. The van der Waals surface area contributed by atoms with Crippen LogP contribution in [0.3, 0.4) is 0 Å². The molecule has 0 spiro atoms. The molecule has 174 valence electrons. The smallest absolute Gasteiger partial charge is 0.257 e. The molecule has 8 heteroatoms. The highest BCUT2D eigenvalue weighted by atomic mass is 16.5. The lowest BCUT2D eigenvalue weighted by molar-refractivity contribution is 0.0977. The second-order valence-corrected chi connectivity index (χ2v) is 7.46. The number of guanidine groups is 1. The number of hydrogen-bond donors (Lipinski definition) is 2. The lowest BCUT2D eigenvalue weighted by Gasteiger charge is -2.14. The van der Waals surface area contributed by atoms with E-state index in [2.05, 4.69) is 34.6 Å². The predicted octanol–water partition coefficient (Wildman–Crippen LogP) is 3.98. The largest absolute Gasteiger partial charge is 0.493 e. The fourth-order valence-electron chi connectivity index (χ4n) is 3.61. The quantitative estimate of drug-likeness (QED) is 0.401. The van der Waals surface area contributed by atoms with Gasteiger partial charge in [0.15, 0.2) is 11.5 Å². The minimum atomic E-state index is -0.242. The molecule has 0 saturated heterocycles. The van der Waals surface area contributed by atoms with Crippen LogP contribution in [0.2, 0.25) is 0 Å². The molecular weight excluding hydrogens is 418 g/mol. The molecule has 1 amide bonds. The van der Waals surface area contributed by atoms with Crippen LogP contribution in [0, 0.1) is 13.8 Å². The zero-order valence-corrected chi connectivity index (χ0v) is 19.8. The lowest BCUT2D eigenvalue weighted by Crippen LogP contribution is -2.36. The Morgan fingerprint density at radius 1 is 1.06 bits per heavy atom. The van der Waals surface area contributed by atoms with E-state index < -0.39 is 0 Å². The first kappa shape index (κ1) is 23.8. The highest BCUT2D eigenvalue weighted by Gasteiger charge is 2.13. The van der Waals surface area contributed by atoms with E-state index in [9.17, 15) is 4.79 Å². The second kappa shape index (κ2) is 11.2. The van der Waals surface area contributed by atoms with Crippen molar-refractivity contribution in [2.75, 3.05) is 26.1 Å². The molecule has 0 bridgehead atoms. The molecule has 1 aromatic heterocycles. The molecule has 0 fully saturated rings. The Labute approximate surface area is 194 Å². The van der Waals surface area contributed by atoms with E-state index in [4.69, 9.17) is 9.47 Å². The maximum absolute atomic E-state index is 12.8. The van der Waals surface area contributed by atoms with Crippen LogP contribution >= 0.6 is 0 Å². The van der Waals surface area contributed by atoms with Gasteiger partial charge in [0.1, 0.15) is 0 Å². The number of benzene rings is 2. The summed E-state index contributed by atoms with van der Waals surface area (Å²) >= 11 is 0. The summed E-state index contributed by atoms with van der Waals surface area (Å²) in [6.45, 7) is 7.48. The summed E-state index contributed by atoms with van der Waals surface area (Å²) in [5, 5.41) is 10.7. The van der Waals surface area contributed by atoms with Crippen molar-refractivity contribution >= 4 is 17.6 Å². The number of methoxy groups -OCH3 is 2. The van der Waals surface area contributed by atoms with E-state index >= 15 is 0 Å². The van der Waals surface area contributed by atoms with Crippen molar-refractivity contribution in [2.45, 2.75) is 33.7 Å². The van der Waals surface area contributed by atoms with Gasteiger partial charge in [-0.3, -0.25) is 19.8 Å². The third-order valence-electron chi connectivity index (χ3n) is 5.38. The number of carbonyl (C=O) groups is 1. The van der Waals surface area contributed by atoms with Crippen LogP contribution < -0.4 is 20.1 Å². The third-order valence-corrected chi connectivity index (χ3v) is 5.38. The van der Waals surface area contributed by atoms with Gasteiger partial charge in [-0.1, -0.05) is 18.2 Å². The van der Waals surface area contributed by atoms with Gasteiger partial charge in [-0.05, 0) is 57.0 Å². The standard InChI is InChI=1S/C25H31N5O3/c1-6-30-18(3)21(17(2)29-30)14-15-26-25(28-24(31)19-10-8-7-9-11-19)27-20-12-13-22(32-4)23(16-20)33-5/h7-13,16H,6,14-15H2,1-5H3,(H2,26,27,28,31). The summed E-state index contributed by atoms with van der Waals surface area (Å²) in [6, 6.07) is 14.5. The van der Waals surface area contributed by atoms with E-state index in [0.29, 0.717) is 35.3 Å². The van der Waals surface area contributed by atoms with Crippen molar-refractivity contribution in [3.05, 3.63) is 71.0 Å². The Bertz CT molecular complexity index is 1120. The van der Waals surface area contributed by atoms with Crippen LogP contribution in [0.25, 0.3) is 0 Å². The zero-order chi connectivity index (χ0) is 23.8. The van der Waals surface area contributed by atoms with E-state index in [1.807, 2.05) is 35.9 Å². The molecule has 0 unspecified atom stereocenters. The Morgan fingerprint density at radius 3 is 2.42 bits per heavy atom. The molecule has 1 heterocycles. The molecule has 8 nitrogen and oxygen atoms in total. The Kier molecular flexibility index (Phi) is 8.07. The average molecular weight is 450 g/mol. The normalized spacial score (nSPS) is 11.2. The number of amides is 1. The highest BCUT2D eigenvalue weighted by Crippen LogP contribution is 2.29. The molecule has 2 aromatic carbocycles. The Balaban J connectivity index is 1.82. The van der Waals surface area contributed by atoms with Gasteiger partial charge in [-0.25, -0.2) is 0 Å². The lowest BCUT2D eigenvalue weighted by atomic mass is 10.1. The molecule has 3 aromatic rings. The number of anilines is 1. The molecular formula is C25H31N5O3. The van der Waals surface area contributed by atoms with Gasteiger partial charge in [-0.2, -0.15) is 5.10 Å². The Morgan fingerprint density at radius 2 is 1.79 bits per heavy atom. The van der Waals surface area contributed by atoms with Gasteiger partial charge < -0.3 is 14.8 Å². The Hall–Kier alpha value is -3.81. The molecule has 0 radical (unpaired) electrons. The fraction of sp³-hybridized carbons (Fsp3) is 0.320. The molecule has 3 rings (SSSR count). The number of aromatic nitrogens is 2. The molecule has 0 saturated carbocycles. The van der Waals surface area contributed by atoms with Crippen molar-refractivity contribution in [1.29, 1.82) is 0 Å².